The molecule has 6 rings (SSSR count). The van der Waals surface area contributed by atoms with Crippen molar-refractivity contribution >= 4 is 43.1 Å². The molecule has 1 saturated heterocycles. The summed E-state index contributed by atoms with van der Waals surface area (Å²) in [5.74, 6) is 0.741. The zero-order valence-corrected chi connectivity index (χ0v) is 23.2. The number of likely N-dealkylation sites (tertiary alicyclic amines) is 1. The first-order valence-electron chi connectivity index (χ1n) is 13.7. The van der Waals surface area contributed by atoms with Crippen molar-refractivity contribution in [2.24, 2.45) is 10.6 Å². The van der Waals surface area contributed by atoms with Gasteiger partial charge >= 0.3 is 0 Å². The van der Waals surface area contributed by atoms with E-state index in [4.69, 9.17) is 14.3 Å². The van der Waals surface area contributed by atoms with Gasteiger partial charge in [0.15, 0.2) is 6.61 Å². The second-order valence-corrected chi connectivity index (χ2v) is 11.8. The molecular formula is C32H34N2O4S. The van der Waals surface area contributed by atoms with Crippen LogP contribution in [0.15, 0.2) is 71.9 Å². The first-order valence-corrected chi connectivity index (χ1v) is 14.5. The average Bonchev–Trinajstić information content (AvgIpc) is 3.62. The highest BCUT2D eigenvalue weighted by molar-refractivity contribution is 7.25. The number of thiophene rings is 1. The molecule has 0 atom stereocenters. The smallest absolute Gasteiger partial charge is 0.260 e. The van der Waals surface area contributed by atoms with Gasteiger partial charge in [-0.05, 0) is 78.6 Å². The molecule has 1 amide bonds. The molecule has 0 radical (unpaired) electrons. The minimum absolute atomic E-state index is 0.0687. The van der Waals surface area contributed by atoms with Crippen molar-refractivity contribution < 1.29 is 19.1 Å². The average molecular weight is 543 g/mol. The summed E-state index contributed by atoms with van der Waals surface area (Å²) < 4.78 is 13.7. The molecule has 6 nitrogen and oxygen atoms in total. The summed E-state index contributed by atoms with van der Waals surface area (Å²) >= 11 is 1.80. The predicted octanol–water partition coefficient (Wildman–Crippen LogP) is 6.79. The van der Waals surface area contributed by atoms with Crippen LogP contribution in [0.2, 0.25) is 0 Å². The first kappa shape index (κ1) is 25.8. The highest BCUT2D eigenvalue weighted by Crippen LogP contribution is 2.53. The number of nitrogens with zero attached hydrogens (tertiary/aromatic N) is 2. The normalized spacial score (nSPS) is 16.6. The maximum atomic E-state index is 12.6. The van der Waals surface area contributed by atoms with Crippen LogP contribution in [-0.2, 0) is 21.0 Å². The molecule has 39 heavy (non-hydrogen) atoms. The van der Waals surface area contributed by atoms with Crippen LogP contribution in [0, 0.1) is 5.41 Å². The van der Waals surface area contributed by atoms with Gasteiger partial charge in [0.25, 0.3) is 5.91 Å². The Balaban J connectivity index is 1.06. The monoisotopic (exact) mass is 542 g/mol. The SMILES string of the molecule is COCCC(=NOCc1ccc2c(c1)sc1ccccc12)c1ccc(OCC(=O)N2CCC3(CC2)CC3)cc1. The lowest BCUT2D eigenvalue weighted by Gasteiger charge is -2.32. The molecule has 0 bridgehead atoms. The van der Waals surface area contributed by atoms with E-state index in [0.717, 1.165) is 42.8 Å². The first-order chi connectivity index (χ1) is 19.1. The Morgan fingerprint density at radius 1 is 0.949 bits per heavy atom. The van der Waals surface area contributed by atoms with Crippen LogP contribution in [-0.4, -0.2) is 49.9 Å². The van der Waals surface area contributed by atoms with Crippen molar-refractivity contribution in [3.63, 3.8) is 0 Å². The fourth-order valence-corrected chi connectivity index (χ4v) is 6.54. The highest BCUT2D eigenvalue weighted by atomic mass is 32.1. The number of ether oxygens (including phenoxy) is 2. The zero-order chi connectivity index (χ0) is 26.7. The number of methoxy groups -OCH3 is 1. The molecule has 1 spiro atoms. The maximum Gasteiger partial charge on any atom is 0.260 e. The van der Waals surface area contributed by atoms with E-state index in [-0.39, 0.29) is 12.5 Å². The molecule has 7 heteroatoms. The molecule has 0 N–H and O–H groups in total. The number of piperidine rings is 1. The van der Waals surface area contributed by atoms with Gasteiger partial charge in [-0.25, -0.2) is 0 Å². The lowest BCUT2D eigenvalue weighted by molar-refractivity contribution is -0.134. The van der Waals surface area contributed by atoms with E-state index in [1.807, 2.05) is 29.2 Å². The topological polar surface area (TPSA) is 60.4 Å². The Morgan fingerprint density at radius 2 is 1.72 bits per heavy atom. The van der Waals surface area contributed by atoms with Gasteiger partial charge in [0.2, 0.25) is 0 Å². The minimum atomic E-state index is 0.0687. The van der Waals surface area contributed by atoms with Crippen LogP contribution >= 0.6 is 11.3 Å². The second kappa shape index (κ2) is 11.4. The number of rotatable bonds is 10. The fraction of sp³-hybridized carbons (Fsp3) is 0.375. The van der Waals surface area contributed by atoms with Crippen LogP contribution in [0.3, 0.4) is 0 Å². The van der Waals surface area contributed by atoms with E-state index in [1.165, 1.54) is 33.0 Å². The molecule has 2 aliphatic rings. The van der Waals surface area contributed by atoms with Crippen LogP contribution in [0.1, 0.15) is 43.2 Å². The second-order valence-electron chi connectivity index (χ2n) is 10.7. The summed E-state index contributed by atoms with van der Waals surface area (Å²) in [4.78, 5) is 20.4. The van der Waals surface area contributed by atoms with Crippen molar-refractivity contribution in [1.82, 2.24) is 4.90 Å². The third-order valence-electron chi connectivity index (χ3n) is 8.08. The van der Waals surface area contributed by atoms with Gasteiger partial charge in [0.1, 0.15) is 12.4 Å². The van der Waals surface area contributed by atoms with Crippen molar-refractivity contribution in [3.05, 3.63) is 77.9 Å². The summed E-state index contributed by atoms with van der Waals surface area (Å²) in [7, 11) is 1.68. The number of carbonyl (C=O) groups excluding carboxylic acids is 1. The number of fused-ring (bicyclic) bond motifs is 3. The molecule has 1 aliphatic heterocycles. The number of benzene rings is 3. The summed E-state index contributed by atoms with van der Waals surface area (Å²) in [6.45, 7) is 2.72. The summed E-state index contributed by atoms with van der Waals surface area (Å²) in [6.07, 6.45) is 5.57. The zero-order valence-electron chi connectivity index (χ0n) is 22.4. The van der Waals surface area contributed by atoms with Gasteiger partial charge in [-0.1, -0.05) is 35.5 Å². The van der Waals surface area contributed by atoms with E-state index in [1.54, 1.807) is 18.4 Å². The highest BCUT2D eigenvalue weighted by Gasteiger charge is 2.45. The molecule has 1 saturated carbocycles. The third-order valence-corrected chi connectivity index (χ3v) is 9.21. The van der Waals surface area contributed by atoms with E-state index in [0.29, 0.717) is 30.8 Å². The molecule has 1 aliphatic carbocycles. The molecule has 2 heterocycles. The fourth-order valence-electron chi connectivity index (χ4n) is 5.37. The molecule has 3 aromatic carbocycles. The van der Waals surface area contributed by atoms with Crippen molar-refractivity contribution in [1.29, 1.82) is 0 Å². The van der Waals surface area contributed by atoms with E-state index >= 15 is 0 Å². The van der Waals surface area contributed by atoms with Crippen LogP contribution < -0.4 is 4.74 Å². The van der Waals surface area contributed by atoms with Crippen molar-refractivity contribution in [2.75, 3.05) is 33.4 Å². The lowest BCUT2D eigenvalue weighted by atomic mass is 9.94. The summed E-state index contributed by atoms with van der Waals surface area (Å²) in [6, 6.07) is 22.6. The largest absolute Gasteiger partial charge is 0.484 e. The van der Waals surface area contributed by atoms with Gasteiger partial charge in [-0.3, -0.25) is 4.79 Å². The number of oxime groups is 1. The summed E-state index contributed by atoms with van der Waals surface area (Å²) in [5, 5.41) is 7.03. The maximum absolute atomic E-state index is 12.6. The van der Waals surface area contributed by atoms with Crippen LogP contribution in [0.5, 0.6) is 5.75 Å². The molecule has 202 valence electrons. The molecule has 0 unspecified atom stereocenters. The minimum Gasteiger partial charge on any atom is -0.484 e. The molecule has 1 aromatic heterocycles. The van der Waals surface area contributed by atoms with Gasteiger partial charge in [-0.2, -0.15) is 0 Å². The molecule has 4 aromatic rings. The van der Waals surface area contributed by atoms with E-state index in [9.17, 15) is 4.79 Å². The van der Waals surface area contributed by atoms with Crippen LogP contribution in [0.25, 0.3) is 20.2 Å². The summed E-state index contributed by atoms with van der Waals surface area (Å²) in [5.41, 5.74) is 3.39. The van der Waals surface area contributed by atoms with Gasteiger partial charge in [-0.15, -0.1) is 11.3 Å². The number of carbonyl (C=O) groups is 1. The number of hydrogen-bond donors (Lipinski definition) is 0. The Bertz CT molecular complexity index is 1480. The Morgan fingerprint density at radius 3 is 2.49 bits per heavy atom. The quantitative estimate of drug-likeness (QED) is 0.163. The third kappa shape index (κ3) is 5.94. The van der Waals surface area contributed by atoms with Gasteiger partial charge in [0.05, 0.1) is 12.3 Å². The van der Waals surface area contributed by atoms with Gasteiger partial charge in [0, 0.05) is 46.8 Å². The Hall–Kier alpha value is -3.42. The lowest BCUT2D eigenvalue weighted by Crippen LogP contribution is -2.41. The number of hydrogen-bond acceptors (Lipinski definition) is 6. The van der Waals surface area contributed by atoms with Crippen molar-refractivity contribution in [3.8, 4) is 5.75 Å². The van der Waals surface area contributed by atoms with E-state index < -0.39 is 0 Å². The predicted molar refractivity (Wildman–Crippen MR) is 157 cm³/mol. The molecular weight excluding hydrogens is 508 g/mol. The van der Waals surface area contributed by atoms with E-state index in [2.05, 4.69) is 47.6 Å². The Kier molecular flexibility index (Phi) is 7.53. The van der Waals surface area contributed by atoms with Crippen molar-refractivity contribution in [2.45, 2.75) is 38.7 Å². The number of amides is 1. The Labute approximate surface area is 233 Å². The molecule has 2 fully saturated rings. The van der Waals surface area contributed by atoms with Gasteiger partial charge < -0.3 is 19.2 Å². The van der Waals surface area contributed by atoms with Crippen LogP contribution in [0.4, 0.5) is 0 Å². The standard InChI is InChI=1S/C32H34N2O4S/c1-36-19-12-28(33-38-21-23-6-11-27-26-4-2-3-5-29(26)39-30(27)20-23)24-7-9-25(10-8-24)37-22-31(35)34-17-15-32(13-14-32)16-18-34/h2-11,20H,12-19,21-22H2,1H3.